The molecule has 2 amide bonds. The zero-order valence-corrected chi connectivity index (χ0v) is 12.5. The van der Waals surface area contributed by atoms with Crippen LogP contribution in [-0.2, 0) is 14.4 Å². The zero-order valence-electron chi connectivity index (χ0n) is 11.7. The summed E-state index contributed by atoms with van der Waals surface area (Å²) < 4.78 is 0. The molecule has 0 bridgehead atoms. The van der Waals surface area contributed by atoms with Gasteiger partial charge in [-0.2, -0.15) is 0 Å². The molecule has 2 aliphatic rings. The molecule has 116 valence electrons. The van der Waals surface area contributed by atoms with Crippen LogP contribution in [0.4, 0.5) is 5.69 Å². The van der Waals surface area contributed by atoms with Gasteiger partial charge in [-0.05, 0) is 43.5 Å². The van der Waals surface area contributed by atoms with Crippen molar-refractivity contribution in [3.05, 3.63) is 29.3 Å². The summed E-state index contributed by atoms with van der Waals surface area (Å²) in [6.07, 6.45) is 1.12. The second kappa shape index (κ2) is 5.28. The fourth-order valence-electron chi connectivity index (χ4n) is 2.65. The second-order valence-corrected chi connectivity index (χ2v) is 6.10. The van der Waals surface area contributed by atoms with Crippen molar-refractivity contribution in [2.24, 2.45) is 5.41 Å². The number of halogens is 1. The normalized spacial score (nSPS) is 22.5. The smallest absolute Gasteiger partial charge is 0.319 e. The fraction of sp³-hybridized carbons (Fsp3) is 0.400. The molecular formula is C15H15ClN2O4. The molecule has 1 saturated heterocycles. The van der Waals surface area contributed by atoms with E-state index in [0.29, 0.717) is 36.5 Å². The lowest BCUT2D eigenvalue weighted by Gasteiger charge is -2.18. The largest absolute Gasteiger partial charge is 0.480 e. The number of nitrogens with zero attached hydrogens (tertiary/aromatic N) is 1. The maximum atomic E-state index is 12.4. The molecule has 1 aromatic carbocycles. The minimum absolute atomic E-state index is 0.225. The van der Waals surface area contributed by atoms with Gasteiger partial charge in [-0.25, -0.2) is 0 Å². The van der Waals surface area contributed by atoms with Crippen LogP contribution in [0.25, 0.3) is 0 Å². The standard InChI is InChI=1S/C15H15ClN2O4/c16-9-1-3-10(4-2-9)18-8-5-11(12(18)19)17-13(20)15(6-7-15)14(21)22/h1-4,11H,5-8H2,(H,17,20)(H,21,22). The second-order valence-electron chi connectivity index (χ2n) is 5.67. The Balaban J connectivity index is 1.68. The van der Waals surface area contributed by atoms with Gasteiger partial charge in [-0.3, -0.25) is 14.4 Å². The summed E-state index contributed by atoms with van der Waals surface area (Å²) >= 11 is 5.82. The summed E-state index contributed by atoms with van der Waals surface area (Å²) in [5, 5.41) is 12.3. The third kappa shape index (κ3) is 2.43. The third-order valence-electron chi connectivity index (χ3n) is 4.24. The average Bonchev–Trinajstić information content (AvgIpc) is 3.23. The Morgan fingerprint density at radius 2 is 1.91 bits per heavy atom. The van der Waals surface area contributed by atoms with Gasteiger partial charge in [0.25, 0.3) is 0 Å². The number of hydrogen-bond donors (Lipinski definition) is 2. The lowest BCUT2D eigenvalue weighted by molar-refractivity contribution is -0.149. The third-order valence-corrected chi connectivity index (χ3v) is 4.50. The van der Waals surface area contributed by atoms with E-state index < -0.39 is 23.3 Å². The lowest BCUT2D eigenvalue weighted by Crippen LogP contribution is -2.46. The molecule has 1 aromatic rings. The molecule has 0 aromatic heterocycles. The van der Waals surface area contributed by atoms with E-state index in [0.717, 1.165) is 0 Å². The van der Waals surface area contributed by atoms with Gasteiger partial charge in [0.15, 0.2) is 0 Å². The van der Waals surface area contributed by atoms with Crippen LogP contribution in [0.3, 0.4) is 0 Å². The number of rotatable bonds is 4. The van der Waals surface area contributed by atoms with E-state index in [9.17, 15) is 14.4 Å². The Morgan fingerprint density at radius 3 is 2.45 bits per heavy atom. The first-order valence-electron chi connectivity index (χ1n) is 7.05. The van der Waals surface area contributed by atoms with Crippen molar-refractivity contribution in [1.29, 1.82) is 0 Å². The Bertz CT molecular complexity index is 639. The molecule has 7 heteroatoms. The van der Waals surface area contributed by atoms with Crippen LogP contribution in [0.1, 0.15) is 19.3 Å². The van der Waals surface area contributed by atoms with Gasteiger partial charge in [0.1, 0.15) is 11.5 Å². The number of anilines is 1. The minimum Gasteiger partial charge on any atom is -0.480 e. The Labute approximate surface area is 132 Å². The van der Waals surface area contributed by atoms with E-state index >= 15 is 0 Å². The summed E-state index contributed by atoms with van der Waals surface area (Å²) in [6.45, 7) is 0.478. The molecular weight excluding hydrogens is 308 g/mol. The zero-order chi connectivity index (χ0) is 15.9. The Kier molecular flexibility index (Phi) is 3.56. The van der Waals surface area contributed by atoms with Gasteiger partial charge < -0.3 is 15.3 Å². The number of amides is 2. The average molecular weight is 323 g/mol. The van der Waals surface area contributed by atoms with E-state index in [-0.39, 0.29) is 5.91 Å². The van der Waals surface area contributed by atoms with Crippen molar-refractivity contribution in [2.75, 3.05) is 11.4 Å². The van der Waals surface area contributed by atoms with Crippen LogP contribution < -0.4 is 10.2 Å². The highest BCUT2D eigenvalue weighted by Crippen LogP contribution is 2.46. The molecule has 1 aliphatic carbocycles. The van der Waals surface area contributed by atoms with E-state index in [1.807, 2.05) is 0 Å². The number of carboxylic acid groups (broad SMARTS) is 1. The van der Waals surface area contributed by atoms with Gasteiger partial charge in [0.2, 0.25) is 11.8 Å². The van der Waals surface area contributed by atoms with Crippen molar-refractivity contribution in [2.45, 2.75) is 25.3 Å². The Hall–Kier alpha value is -2.08. The lowest BCUT2D eigenvalue weighted by atomic mass is 10.1. The number of carbonyl (C=O) groups is 3. The minimum atomic E-state index is -1.33. The number of nitrogens with one attached hydrogen (secondary N) is 1. The number of carbonyl (C=O) groups excluding carboxylic acids is 2. The molecule has 2 N–H and O–H groups in total. The predicted molar refractivity (Wildman–Crippen MR) is 79.7 cm³/mol. The summed E-state index contributed by atoms with van der Waals surface area (Å²) in [4.78, 5) is 37.2. The molecule has 1 heterocycles. The van der Waals surface area contributed by atoms with Crippen molar-refractivity contribution >= 4 is 35.1 Å². The molecule has 0 spiro atoms. The number of carboxylic acids is 1. The molecule has 1 unspecified atom stereocenters. The first-order chi connectivity index (χ1) is 10.4. The summed E-state index contributed by atoms with van der Waals surface area (Å²) in [6, 6.07) is 6.20. The van der Waals surface area contributed by atoms with E-state index in [1.54, 1.807) is 29.2 Å². The first-order valence-corrected chi connectivity index (χ1v) is 7.43. The SMILES string of the molecule is O=C1C(NC(=O)C2(C(=O)O)CC2)CCN1c1ccc(Cl)cc1. The van der Waals surface area contributed by atoms with Crippen LogP contribution in [0.15, 0.2) is 24.3 Å². The molecule has 1 aliphatic heterocycles. The Morgan fingerprint density at radius 1 is 1.27 bits per heavy atom. The van der Waals surface area contributed by atoms with Gasteiger partial charge >= 0.3 is 5.97 Å². The maximum Gasteiger partial charge on any atom is 0.319 e. The van der Waals surface area contributed by atoms with Crippen molar-refractivity contribution in [3.8, 4) is 0 Å². The molecule has 1 saturated carbocycles. The predicted octanol–water partition coefficient (Wildman–Crippen LogP) is 1.43. The summed E-state index contributed by atoms with van der Waals surface area (Å²) in [5.41, 5.74) is -0.612. The van der Waals surface area contributed by atoms with Crippen LogP contribution >= 0.6 is 11.6 Å². The van der Waals surface area contributed by atoms with E-state index in [4.69, 9.17) is 16.7 Å². The highest BCUT2D eigenvalue weighted by molar-refractivity contribution is 6.30. The molecule has 1 atom stereocenters. The monoisotopic (exact) mass is 322 g/mol. The van der Waals surface area contributed by atoms with E-state index in [2.05, 4.69) is 5.32 Å². The highest BCUT2D eigenvalue weighted by atomic mass is 35.5. The molecule has 6 nitrogen and oxygen atoms in total. The van der Waals surface area contributed by atoms with Gasteiger partial charge in [-0.1, -0.05) is 11.6 Å². The molecule has 22 heavy (non-hydrogen) atoms. The van der Waals surface area contributed by atoms with Crippen LogP contribution in [-0.4, -0.2) is 35.5 Å². The number of hydrogen-bond acceptors (Lipinski definition) is 3. The van der Waals surface area contributed by atoms with Crippen LogP contribution in [0.5, 0.6) is 0 Å². The van der Waals surface area contributed by atoms with E-state index in [1.165, 1.54) is 0 Å². The van der Waals surface area contributed by atoms with Crippen LogP contribution in [0, 0.1) is 5.41 Å². The molecule has 3 rings (SSSR count). The molecule has 2 fully saturated rings. The highest BCUT2D eigenvalue weighted by Gasteiger charge is 2.57. The van der Waals surface area contributed by atoms with Crippen molar-refractivity contribution in [1.82, 2.24) is 5.32 Å². The van der Waals surface area contributed by atoms with Gasteiger partial charge in [0.05, 0.1) is 0 Å². The topological polar surface area (TPSA) is 86.7 Å². The summed E-state index contributed by atoms with van der Waals surface area (Å²) in [7, 11) is 0. The number of aliphatic carboxylic acids is 1. The van der Waals surface area contributed by atoms with Crippen molar-refractivity contribution in [3.63, 3.8) is 0 Å². The summed E-state index contributed by atoms with van der Waals surface area (Å²) in [5.74, 6) is -1.90. The van der Waals surface area contributed by atoms with Gasteiger partial charge in [-0.15, -0.1) is 0 Å². The molecule has 0 radical (unpaired) electrons. The van der Waals surface area contributed by atoms with Crippen molar-refractivity contribution < 1.29 is 19.5 Å². The fourth-order valence-corrected chi connectivity index (χ4v) is 2.78. The van der Waals surface area contributed by atoms with Crippen LogP contribution in [0.2, 0.25) is 5.02 Å². The first kappa shape index (κ1) is 14.8. The quantitative estimate of drug-likeness (QED) is 0.821. The maximum absolute atomic E-state index is 12.4. The number of benzene rings is 1. The van der Waals surface area contributed by atoms with Gasteiger partial charge in [0, 0.05) is 17.3 Å².